The first-order chi connectivity index (χ1) is 9.60. The molecule has 2 aliphatic heterocycles. The Balaban J connectivity index is 1.70. The van der Waals surface area contributed by atoms with Crippen LogP contribution in [0.2, 0.25) is 0 Å². The molecule has 1 aromatic heterocycles. The average molecular weight is 281 g/mol. The first-order valence-corrected chi connectivity index (χ1v) is 6.36. The molecule has 2 fully saturated rings. The van der Waals surface area contributed by atoms with Crippen LogP contribution in [0, 0.1) is 0 Å². The second-order valence-corrected chi connectivity index (χ2v) is 5.34. The van der Waals surface area contributed by atoms with Gasteiger partial charge in [0.05, 0.1) is 19.3 Å². The zero-order chi connectivity index (χ0) is 14.1. The fourth-order valence-corrected chi connectivity index (χ4v) is 3.29. The summed E-state index contributed by atoms with van der Waals surface area (Å²) >= 11 is 0. The Hall–Kier alpha value is -1.68. The lowest BCUT2D eigenvalue weighted by atomic mass is 10.1. The number of anilines is 3. The molecule has 3 heterocycles. The van der Waals surface area contributed by atoms with Crippen molar-refractivity contribution in [1.82, 2.24) is 9.97 Å². The fraction of sp³-hybridized carbons (Fsp3) is 0.636. The van der Waals surface area contributed by atoms with Gasteiger partial charge in [-0.25, -0.2) is 9.97 Å². The van der Waals surface area contributed by atoms with Gasteiger partial charge in [0, 0.05) is 0 Å². The molecule has 0 bridgehead atoms. The van der Waals surface area contributed by atoms with Crippen LogP contribution in [0.3, 0.4) is 0 Å². The van der Waals surface area contributed by atoms with E-state index in [1.54, 1.807) is 4.90 Å². The number of aliphatic hydroxyl groups excluding tert-OH is 3. The van der Waals surface area contributed by atoms with Gasteiger partial charge in [0.15, 0.2) is 11.6 Å². The fourth-order valence-electron chi connectivity index (χ4n) is 3.29. The van der Waals surface area contributed by atoms with E-state index in [1.807, 2.05) is 0 Å². The third-order valence-electron chi connectivity index (χ3n) is 4.42. The minimum atomic E-state index is -1.12. The molecule has 0 radical (unpaired) electrons. The Morgan fingerprint density at radius 2 is 2.30 bits per heavy atom. The second-order valence-electron chi connectivity index (χ2n) is 5.34. The van der Waals surface area contributed by atoms with Crippen molar-refractivity contribution in [2.75, 3.05) is 29.2 Å². The van der Waals surface area contributed by atoms with Crippen LogP contribution in [-0.4, -0.2) is 68.5 Å². The lowest BCUT2D eigenvalue weighted by Crippen LogP contribution is -2.48. The van der Waals surface area contributed by atoms with Crippen molar-refractivity contribution in [2.45, 2.75) is 30.0 Å². The van der Waals surface area contributed by atoms with Crippen LogP contribution in [0.4, 0.5) is 17.3 Å². The number of epoxide rings is 1. The molecule has 5 atom stereocenters. The van der Waals surface area contributed by atoms with E-state index in [1.165, 1.54) is 6.33 Å². The summed E-state index contributed by atoms with van der Waals surface area (Å²) < 4.78 is 5.44. The summed E-state index contributed by atoms with van der Waals surface area (Å²) in [6.45, 7) is 0.0560. The van der Waals surface area contributed by atoms with Crippen LogP contribution in [0.25, 0.3) is 0 Å². The summed E-state index contributed by atoms with van der Waals surface area (Å²) in [7, 11) is 0. The Labute approximate surface area is 114 Å². The Morgan fingerprint density at radius 3 is 3.00 bits per heavy atom. The van der Waals surface area contributed by atoms with Gasteiger partial charge in [-0.2, -0.15) is 0 Å². The molecule has 20 heavy (non-hydrogen) atoms. The summed E-state index contributed by atoms with van der Waals surface area (Å²) in [5, 5.41) is 32.7. The zero-order valence-corrected chi connectivity index (χ0v) is 10.5. The molecule has 0 unspecified atom stereocenters. The lowest BCUT2D eigenvalue weighted by molar-refractivity contribution is -0.0519. The smallest absolute Gasteiger partial charge is 0.159 e. The lowest BCUT2D eigenvalue weighted by Gasteiger charge is -2.29. The molecular weight excluding hydrogens is 266 g/mol. The molecule has 0 spiro atoms. The van der Waals surface area contributed by atoms with Gasteiger partial charge in [-0.15, -0.1) is 0 Å². The molecule has 3 aliphatic rings. The number of hydrogen-bond acceptors (Lipinski definition) is 9. The van der Waals surface area contributed by atoms with Crippen molar-refractivity contribution in [1.29, 1.82) is 0 Å². The van der Waals surface area contributed by atoms with Crippen LogP contribution in [-0.2, 0) is 4.74 Å². The van der Waals surface area contributed by atoms with E-state index < -0.39 is 30.0 Å². The number of fused-ring (bicyclic) bond motifs is 2. The molecule has 9 heteroatoms. The van der Waals surface area contributed by atoms with Gasteiger partial charge in [0.25, 0.3) is 0 Å². The third kappa shape index (κ3) is 1.25. The minimum Gasteiger partial charge on any atom is -0.393 e. The van der Waals surface area contributed by atoms with Crippen molar-refractivity contribution in [3.05, 3.63) is 6.33 Å². The van der Waals surface area contributed by atoms with Gasteiger partial charge >= 0.3 is 0 Å². The van der Waals surface area contributed by atoms with Crippen molar-refractivity contribution < 1.29 is 20.1 Å². The number of nitrogen functional groups attached to an aromatic ring is 1. The number of aliphatic hydroxyl groups is 3. The standard InChI is InChI=1S/C11H15N5O4/c12-9-4-10(14-2-13-9)16(3-15-4)5-6(18)7(19)11(1-17)8(5)20-11/h2,5-8,15,17-19H,1,3H2,(H2,12,13,14)/t5-,6-,7-,8+,11-/m0/s1. The van der Waals surface area contributed by atoms with Gasteiger partial charge in [-0.05, 0) is 0 Å². The monoisotopic (exact) mass is 281 g/mol. The summed E-state index contributed by atoms with van der Waals surface area (Å²) in [5.74, 6) is 0.897. The summed E-state index contributed by atoms with van der Waals surface area (Å²) in [6.07, 6.45) is -1.23. The quantitative estimate of drug-likeness (QED) is 0.371. The number of nitrogens with two attached hydrogens (primary N) is 1. The van der Waals surface area contributed by atoms with Gasteiger partial charge in [0.2, 0.25) is 0 Å². The van der Waals surface area contributed by atoms with E-state index in [0.717, 1.165) is 0 Å². The number of rotatable bonds is 2. The first kappa shape index (κ1) is 12.1. The maximum Gasteiger partial charge on any atom is 0.159 e. The van der Waals surface area contributed by atoms with Crippen LogP contribution >= 0.6 is 0 Å². The number of nitrogens with one attached hydrogen (secondary N) is 1. The van der Waals surface area contributed by atoms with E-state index in [4.69, 9.17) is 10.5 Å². The third-order valence-corrected chi connectivity index (χ3v) is 4.42. The van der Waals surface area contributed by atoms with Crippen LogP contribution in [0.1, 0.15) is 0 Å². The SMILES string of the molecule is Nc1ncnc2c1NCN2[C@H]1[C@H](O)[C@H](O)[C@]2(CO)O[C@H]12. The van der Waals surface area contributed by atoms with Crippen molar-refractivity contribution >= 4 is 17.3 Å². The molecule has 1 aliphatic carbocycles. The molecule has 1 saturated carbocycles. The highest BCUT2D eigenvalue weighted by atomic mass is 16.6. The van der Waals surface area contributed by atoms with Gasteiger partial charge in [-0.3, -0.25) is 0 Å². The largest absolute Gasteiger partial charge is 0.393 e. The van der Waals surface area contributed by atoms with E-state index in [-0.39, 0.29) is 6.61 Å². The minimum absolute atomic E-state index is 0.327. The first-order valence-electron chi connectivity index (χ1n) is 6.36. The van der Waals surface area contributed by atoms with Crippen LogP contribution in [0.5, 0.6) is 0 Å². The van der Waals surface area contributed by atoms with Crippen molar-refractivity contribution in [2.24, 2.45) is 0 Å². The normalized spacial score (nSPS) is 41.2. The average Bonchev–Trinajstić information content (AvgIpc) is 2.95. The number of hydrogen-bond donors (Lipinski definition) is 5. The molecule has 108 valence electrons. The number of nitrogens with zero attached hydrogens (tertiary/aromatic N) is 3. The molecule has 4 rings (SSSR count). The second kappa shape index (κ2) is 3.70. The highest BCUT2D eigenvalue weighted by molar-refractivity contribution is 5.80. The van der Waals surface area contributed by atoms with Crippen molar-refractivity contribution in [3.8, 4) is 0 Å². The van der Waals surface area contributed by atoms with Gasteiger partial charge in [-0.1, -0.05) is 0 Å². The summed E-state index contributed by atoms with van der Waals surface area (Å²) in [6, 6.07) is -0.486. The molecule has 6 N–H and O–H groups in total. The van der Waals surface area contributed by atoms with Crippen LogP contribution < -0.4 is 16.0 Å². The topological polar surface area (TPSA) is 140 Å². The van der Waals surface area contributed by atoms with E-state index in [2.05, 4.69) is 15.3 Å². The number of ether oxygens (including phenoxy) is 1. The Bertz CT molecular complexity index is 572. The van der Waals surface area contributed by atoms with Gasteiger partial charge in [0.1, 0.15) is 35.9 Å². The molecule has 0 aromatic carbocycles. The Kier molecular flexibility index (Phi) is 2.24. The van der Waals surface area contributed by atoms with E-state index >= 15 is 0 Å². The predicted molar refractivity (Wildman–Crippen MR) is 67.9 cm³/mol. The molecule has 9 nitrogen and oxygen atoms in total. The van der Waals surface area contributed by atoms with Crippen LogP contribution in [0.15, 0.2) is 6.33 Å². The maximum absolute atomic E-state index is 10.2. The zero-order valence-electron chi connectivity index (χ0n) is 10.5. The van der Waals surface area contributed by atoms with Gasteiger partial charge < -0.3 is 36.0 Å². The number of aromatic nitrogens is 2. The molecular formula is C11H15N5O4. The molecule has 1 saturated heterocycles. The molecule has 0 amide bonds. The highest BCUT2D eigenvalue weighted by Crippen LogP contribution is 2.53. The van der Waals surface area contributed by atoms with E-state index in [9.17, 15) is 15.3 Å². The van der Waals surface area contributed by atoms with Crippen molar-refractivity contribution in [3.63, 3.8) is 0 Å². The highest BCUT2D eigenvalue weighted by Gasteiger charge is 2.75. The summed E-state index contributed by atoms with van der Waals surface area (Å²) in [4.78, 5) is 9.86. The Morgan fingerprint density at radius 1 is 1.50 bits per heavy atom. The maximum atomic E-state index is 10.2. The molecule has 1 aromatic rings. The predicted octanol–water partition coefficient (Wildman–Crippen LogP) is -2.52. The summed E-state index contributed by atoms with van der Waals surface area (Å²) in [5.41, 5.74) is 5.33. The van der Waals surface area contributed by atoms with E-state index in [0.29, 0.717) is 24.0 Å².